The van der Waals surface area contributed by atoms with E-state index in [1.54, 1.807) is 0 Å². The Bertz CT molecular complexity index is 550. The quantitative estimate of drug-likeness (QED) is 0.631. The smallest absolute Gasteiger partial charge is 0.0849 e. The number of benzene rings is 2. The van der Waals surface area contributed by atoms with Crippen LogP contribution in [0.3, 0.4) is 0 Å². The third-order valence-electron chi connectivity index (χ3n) is 3.75. The summed E-state index contributed by atoms with van der Waals surface area (Å²) in [6.07, 6.45) is 0. The van der Waals surface area contributed by atoms with E-state index in [2.05, 4.69) is 82.0 Å². The van der Waals surface area contributed by atoms with Crippen molar-refractivity contribution < 1.29 is 0 Å². The number of aryl methyl sites for hydroxylation is 2. The van der Waals surface area contributed by atoms with Crippen LogP contribution in [0, 0.1) is 13.8 Å². The molecule has 0 fully saturated rings. The molecule has 0 spiro atoms. The van der Waals surface area contributed by atoms with E-state index in [4.69, 9.17) is 0 Å². The van der Waals surface area contributed by atoms with Crippen LogP contribution < -0.4 is 5.19 Å². The lowest BCUT2D eigenvalue weighted by atomic mass is 10.1. The molecule has 0 N–H and O–H groups in total. The fraction of sp³-hybridized carbons (Fsp3) is 0.294. The predicted octanol–water partition coefficient (Wildman–Crippen LogP) is 4.29. The summed E-state index contributed by atoms with van der Waals surface area (Å²) in [5.41, 5.74) is 4.03. The highest BCUT2D eigenvalue weighted by Crippen LogP contribution is 2.22. The van der Waals surface area contributed by atoms with Crippen molar-refractivity contribution in [3.05, 3.63) is 59.2 Å². The van der Waals surface area contributed by atoms with E-state index in [0.717, 1.165) is 4.90 Å². The Hall–Kier alpha value is -0.993. The first kappa shape index (κ1) is 14.4. The molecule has 0 nitrogen and oxygen atoms in total. The van der Waals surface area contributed by atoms with Crippen molar-refractivity contribution in [2.45, 2.75) is 37.9 Å². The summed E-state index contributed by atoms with van der Waals surface area (Å²) in [6, 6.07) is 16.7. The first-order chi connectivity index (χ1) is 8.90. The first-order valence-corrected chi connectivity index (χ1v) is 10.4. The molecule has 0 aromatic heterocycles. The van der Waals surface area contributed by atoms with Gasteiger partial charge in [-0.05, 0) is 36.6 Å². The Labute approximate surface area is 123 Å². The summed E-state index contributed by atoms with van der Waals surface area (Å²) >= 11 is 4.55. The summed E-state index contributed by atoms with van der Waals surface area (Å²) in [5, 5.41) is 1.53. The molecule has 100 valence electrons. The molecule has 0 saturated heterocycles. The number of hydrogen-bond acceptors (Lipinski definition) is 1. The summed E-state index contributed by atoms with van der Waals surface area (Å²) in [6.45, 7) is 9.19. The summed E-state index contributed by atoms with van der Waals surface area (Å²) in [4.78, 5) is 1.13. The van der Waals surface area contributed by atoms with Crippen LogP contribution >= 0.6 is 12.6 Å². The minimum Gasteiger partial charge on any atom is -0.143 e. The second-order valence-electron chi connectivity index (χ2n) is 6.00. The zero-order valence-electron chi connectivity index (χ0n) is 12.2. The number of thiol groups is 1. The lowest BCUT2D eigenvalue weighted by molar-refractivity contribution is 1.17. The summed E-state index contributed by atoms with van der Waals surface area (Å²) < 4.78 is 0. The zero-order chi connectivity index (χ0) is 14.0. The molecule has 0 amide bonds. The highest BCUT2D eigenvalue weighted by atomic mass is 32.1. The minimum atomic E-state index is -1.41. The highest BCUT2D eigenvalue weighted by Gasteiger charge is 2.23. The normalized spacial score (nSPS) is 11.6. The van der Waals surface area contributed by atoms with Crippen LogP contribution in [-0.4, -0.2) is 8.07 Å². The molecule has 2 aromatic rings. The van der Waals surface area contributed by atoms with Gasteiger partial charge < -0.3 is 0 Å². The van der Waals surface area contributed by atoms with Gasteiger partial charge in [-0.15, -0.1) is 12.6 Å². The van der Waals surface area contributed by atoms with Gasteiger partial charge in [0.25, 0.3) is 0 Å². The van der Waals surface area contributed by atoms with Gasteiger partial charge in [0.2, 0.25) is 0 Å². The molecule has 0 bridgehead atoms. The van der Waals surface area contributed by atoms with Crippen LogP contribution in [0.1, 0.15) is 16.7 Å². The molecule has 0 saturated carbocycles. The fourth-order valence-electron chi connectivity index (χ4n) is 2.65. The molecule has 0 aliphatic heterocycles. The van der Waals surface area contributed by atoms with Crippen LogP contribution in [0.15, 0.2) is 47.4 Å². The van der Waals surface area contributed by atoms with Gasteiger partial charge in [0.15, 0.2) is 0 Å². The molecule has 0 heterocycles. The summed E-state index contributed by atoms with van der Waals surface area (Å²) in [7, 11) is -1.41. The van der Waals surface area contributed by atoms with Gasteiger partial charge in [0, 0.05) is 4.90 Å². The molecule has 0 aliphatic carbocycles. The van der Waals surface area contributed by atoms with E-state index < -0.39 is 8.07 Å². The first-order valence-electron chi connectivity index (χ1n) is 6.75. The molecular weight excluding hydrogens is 264 g/mol. The molecule has 0 aliphatic rings. The van der Waals surface area contributed by atoms with Crippen molar-refractivity contribution in [1.29, 1.82) is 0 Å². The standard InChI is InChI=1S/C17H22SSi/c1-13-10-15(11-14(2)17(13)18)12-19(3,4)16-8-6-5-7-9-16/h5-11,18H,12H2,1-4H3. The van der Waals surface area contributed by atoms with Crippen LogP contribution in [0.25, 0.3) is 0 Å². The topological polar surface area (TPSA) is 0 Å². The fourth-order valence-corrected chi connectivity index (χ4v) is 5.30. The molecule has 2 rings (SSSR count). The lowest BCUT2D eigenvalue weighted by Crippen LogP contribution is -2.43. The Kier molecular flexibility index (Phi) is 4.22. The van der Waals surface area contributed by atoms with Crippen molar-refractivity contribution in [1.82, 2.24) is 0 Å². The van der Waals surface area contributed by atoms with Crippen molar-refractivity contribution in [3.8, 4) is 0 Å². The molecule has 19 heavy (non-hydrogen) atoms. The average Bonchev–Trinajstić information content (AvgIpc) is 2.36. The third kappa shape index (κ3) is 3.31. The molecule has 0 radical (unpaired) electrons. The van der Waals surface area contributed by atoms with Gasteiger partial charge in [0.05, 0.1) is 8.07 Å². The third-order valence-corrected chi connectivity index (χ3v) is 7.65. The van der Waals surface area contributed by atoms with E-state index in [1.807, 2.05) is 0 Å². The maximum absolute atomic E-state index is 4.55. The molecule has 2 aromatic carbocycles. The average molecular weight is 287 g/mol. The maximum atomic E-state index is 4.55. The number of rotatable bonds is 3. The van der Waals surface area contributed by atoms with Gasteiger partial charge in [-0.1, -0.05) is 60.7 Å². The van der Waals surface area contributed by atoms with Crippen molar-refractivity contribution in [2.75, 3.05) is 0 Å². The Balaban J connectivity index is 2.31. The van der Waals surface area contributed by atoms with Gasteiger partial charge in [-0.25, -0.2) is 0 Å². The number of hydrogen-bond donors (Lipinski definition) is 1. The largest absolute Gasteiger partial charge is 0.143 e. The van der Waals surface area contributed by atoms with Crippen LogP contribution in [0.2, 0.25) is 13.1 Å². The van der Waals surface area contributed by atoms with E-state index in [0.29, 0.717) is 0 Å². The second kappa shape index (κ2) is 5.56. The van der Waals surface area contributed by atoms with Gasteiger partial charge in [-0.3, -0.25) is 0 Å². The maximum Gasteiger partial charge on any atom is 0.0849 e. The van der Waals surface area contributed by atoms with Gasteiger partial charge in [0.1, 0.15) is 0 Å². The van der Waals surface area contributed by atoms with E-state index >= 15 is 0 Å². The van der Waals surface area contributed by atoms with Crippen LogP contribution in [0.4, 0.5) is 0 Å². The van der Waals surface area contributed by atoms with Crippen molar-refractivity contribution in [3.63, 3.8) is 0 Å². The zero-order valence-corrected chi connectivity index (χ0v) is 14.1. The second-order valence-corrected chi connectivity index (χ2v) is 11.2. The summed E-state index contributed by atoms with van der Waals surface area (Å²) in [5.74, 6) is 0. The van der Waals surface area contributed by atoms with Crippen molar-refractivity contribution in [2.24, 2.45) is 0 Å². The monoisotopic (exact) mass is 286 g/mol. The minimum absolute atomic E-state index is 1.13. The highest BCUT2D eigenvalue weighted by molar-refractivity contribution is 7.80. The van der Waals surface area contributed by atoms with E-state index in [9.17, 15) is 0 Å². The molecule has 2 heteroatoms. The van der Waals surface area contributed by atoms with Crippen LogP contribution in [-0.2, 0) is 6.04 Å². The molecule has 0 atom stereocenters. The van der Waals surface area contributed by atoms with Gasteiger partial charge >= 0.3 is 0 Å². The molecular formula is C17H22SSi. The Morgan fingerprint density at radius 3 is 2.00 bits per heavy atom. The van der Waals surface area contributed by atoms with E-state index in [1.165, 1.54) is 27.9 Å². The van der Waals surface area contributed by atoms with Crippen LogP contribution in [0.5, 0.6) is 0 Å². The Morgan fingerprint density at radius 1 is 0.947 bits per heavy atom. The lowest BCUT2D eigenvalue weighted by Gasteiger charge is -2.24. The van der Waals surface area contributed by atoms with Gasteiger partial charge in [-0.2, -0.15) is 0 Å². The molecule has 0 unspecified atom stereocenters. The van der Waals surface area contributed by atoms with E-state index in [-0.39, 0.29) is 0 Å². The Morgan fingerprint density at radius 2 is 1.47 bits per heavy atom. The SMILES string of the molecule is Cc1cc(C[Si](C)(C)c2ccccc2)cc(C)c1S. The van der Waals surface area contributed by atoms with Crippen molar-refractivity contribution >= 4 is 25.9 Å². The predicted molar refractivity (Wildman–Crippen MR) is 90.4 cm³/mol.